The van der Waals surface area contributed by atoms with Crippen LogP contribution in [-0.2, 0) is 0 Å². The molecule has 0 unspecified atom stereocenters. The third kappa shape index (κ3) is 3.22. The molecule has 1 aromatic heterocycles. The van der Waals surface area contributed by atoms with E-state index < -0.39 is 0 Å². The quantitative estimate of drug-likeness (QED) is 0.860. The largest absolute Gasteiger partial charge is 0.338 e. The summed E-state index contributed by atoms with van der Waals surface area (Å²) in [6, 6.07) is 3.14. The van der Waals surface area contributed by atoms with Gasteiger partial charge in [0.15, 0.2) is 0 Å². The summed E-state index contributed by atoms with van der Waals surface area (Å²) < 4.78 is 0.603. The lowest BCUT2D eigenvalue weighted by molar-refractivity contribution is 0.252. The molecule has 2 N–H and O–H groups in total. The Kier molecular flexibility index (Phi) is 4.06. The summed E-state index contributed by atoms with van der Waals surface area (Å²) in [6.45, 7) is 2.35. The normalized spacial score (nSPS) is 9.13. The van der Waals surface area contributed by atoms with Gasteiger partial charge in [0, 0.05) is 12.7 Å². The van der Waals surface area contributed by atoms with Gasteiger partial charge in [0.2, 0.25) is 0 Å². The van der Waals surface area contributed by atoms with E-state index in [1.807, 2.05) is 13.0 Å². The molecule has 0 aliphatic heterocycles. The van der Waals surface area contributed by atoms with E-state index in [2.05, 4.69) is 31.5 Å². The number of hydrogen-bond donors (Lipinski definition) is 2. The van der Waals surface area contributed by atoms with Crippen molar-refractivity contribution >= 4 is 27.8 Å². The highest BCUT2D eigenvalue weighted by molar-refractivity contribution is 9.10. The van der Waals surface area contributed by atoms with Crippen molar-refractivity contribution in [2.75, 3.05) is 11.9 Å². The lowest BCUT2D eigenvalue weighted by Gasteiger charge is -2.05. The van der Waals surface area contributed by atoms with Crippen molar-refractivity contribution in [1.29, 1.82) is 5.26 Å². The first-order valence-corrected chi connectivity index (χ1v) is 5.07. The summed E-state index contributed by atoms with van der Waals surface area (Å²) in [4.78, 5) is 15.1. The molecule has 15 heavy (non-hydrogen) atoms. The molecule has 0 atom stereocenters. The van der Waals surface area contributed by atoms with Crippen molar-refractivity contribution in [3.05, 3.63) is 22.3 Å². The highest BCUT2D eigenvalue weighted by atomic mass is 79.9. The Bertz CT molecular complexity index is 413. The second-order valence-electron chi connectivity index (χ2n) is 2.65. The van der Waals surface area contributed by atoms with Crippen molar-refractivity contribution in [2.24, 2.45) is 0 Å². The Balaban J connectivity index is 2.80. The van der Waals surface area contributed by atoms with E-state index in [9.17, 15) is 4.79 Å². The van der Waals surface area contributed by atoms with Crippen molar-refractivity contribution in [3.63, 3.8) is 0 Å². The lowest BCUT2D eigenvalue weighted by atomic mass is 10.3. The Morgan fingerprint density at radius 3 is 3.07 bits per heavy atom. The van der Waals surface area contributed by atoms with Gasteiger partial charge in [-0.1, -0.05) is 0 Å². The second kappa shape index (κ2) is 5.32. The first-order chi connectivity index (χ1) is 7.17. The standard InChI is InChI=1S/C9H9BrN4O/c1-2-12-9(15)14-8-3-6(4-11)7(10)5-13-8/h3,5H,2H2,1H3,(H2,12,13,14,15). The van der Waals surface area contributed by atoms with Gasteiger partial charge in [-0.25, -0.2) is 9.78 Å². The molecule has 1 aromatic rings. The second-order valence-corrected chi connectivity index (χ2v) is 3.50. The lowest BCUT2D eigenvalue weighted by Crippen LogP contribution is -2.28. The van der Waals surface area contributed by atoms with Gasteiger partial charge in [0.05, 0.1) is 10.0 Å². The number of carbonyl (C=O) groups excluding carboxylic acids is 1. The number of nitriles is 1. The van der Waals surface area contributed by atoms with Gasteiger partial charge >= 0.3 is 6.03 Å². The SMILES string of the molecule is CCNC(=O)Nc1cc(C#N)c(Br)cn1. The highest BCUT2D eigenvalue weighted by Gasteiger charge is 2.04. The van der Waals surface area contributed by atoms with Gasteiger partial charge in [-0.05, 0) is 28.9 Å². The third-order valence-corrected chi connectivity index (χ3v) is 2.19. The first kappa shape index (κ1) is 11.5. The molecule has 0 radical (unpaired) electrons. The Hall–Kier alpha value is -1.61. The maximum absolute atomic E-state index is 11.1. The topological polar surface area (TPSA) is 77.8 Å². The molecule has 1 heterocycles. The minimum absolute atomic E-state index is 0.337. The highest BCUT2D eigenvalue weighted by Crippen LogP contribution is 2.17. The smallest absolute Gasteiger partial charge is 0.320 e. The van der Waals surface area contributed by atoms with Crippen LogP contribution in [0.15, 0.2) is 16.7 Å². The van der Waals surface area contributed by atoms with E-state index in [1.165, 1.54) is 12.3 Å². The van der Waals surface area contributed by atoms with E-state index in [4.69, 9.17) is 5.26 Å². The van der Waals surface area contributed by atoms with Gasteiger partial charge < -0.3 is 5.32 Å². The molecule has 0 saturated carbocycles. The average molecular weight is 269 g/mol. The van der Waals surface area contributed by atoms with Crippen molar-refractivity contribution in [2.45, 2.75) is 6.92 Å². The Morgan fingerprint density at radius 1 is 1.73 bits per heavy atom. The molecule has 0 fully saturated rings. The summed E-state index contributed by atoms with van der Waals surface area (Å²) in [6.07, 6.45) is 1.47. The summed E-state index contributed by atoms with van der Waals surface area (Å²) in [7, 11) is 0. The number of pyridine rings is 1. The number of halogens is 1. The van der Waals surface area contributed by atoms with E-state index in [0.29, 0.717) is 22.4 Å². The molecule has 1 rings (SSSR count). The molecule has 0 saturated heterocycles. The zero-order chi connectivity index (χ0) is 11.3. The number of nitrogens with zero attached hydrogens (tertiary/aromatic N) is 2. The van der Waals surface area contributed by atoms with E-state index in [0.717, 1.165) is 0 Å². The maximum atomic E-state index is 11.1. The maximum Gasteiger partial charge on any atom is 0.320 e. The molecule has 0 aliphatic rings. The fourth-order valence-corrected chi connectivity index (χ4v) is 1.22. The molecule has 5 nitrogen and oxygen atoms in total. The van der Waals surface area contributed by atoms with Crippen LogP contribution in [0.5, 0.6) is 0 Å². The number of amides is 2. The number of urea groups is 1. The molecular formula is C9H9BrN4O. The van der Waals surface area contributed by atoms with Crippen molar-refractivity contribution in [3.8, 4) is 6.07 Å². The molecule has 78 valence electrons. The molecule has 0 aromatic carbocycles. The van der Waals surface area contributed by atoms with Gasteiger partial charge in [-0.15, -0.1) is 0 Å². The van der Waals surface area contributed by atoms with E-state index >= 15 is 0 Å². The Labute approximate surface area is 95.6 Å². The number of aromatic nitrogens is 1. The van der Waals surface area contributed by atoms with Gasteiger partial charge in [-0.2, -0.15) is 5.26 Å². The third-order valence-electron chi connectivity index (χ3n) is 1.55. The van der Waals surface area contributed by atoms with E-state index in [1.54, 1.807) is 0 Å². The molecular weight excluding hydrogens is 260 g/mol. The summed E-state index contributed by atoms with van der Waals surface area (Å²) in [5.41, 5.74) is 0.428. The molecule has 0 spiro atoms. The summed E-state index contributed by atoms with van der Waals surface area (Å²) in [5.74, 6) is 0.348. The van der Waals surface area contributed by atoms with Crippen molar-refractivity contribution < 1.29 is 4.79 Å². The van der Waals surface area contributed by atoms with Gasteiger partial charge in [-0.3, -0.25) is 5.32 Å². The average Bonchev–Trinajstić information content (AvgIpc) is 2.21. The number of nitrogens with one attached hydrogen (secondary N) is 2. The number of hydrogen-bond acceptors (Lipinski definition) is 3. The first-order valence-electron chi connectivity index (χ1n) is 4.28. The Morgan fingerprint density at radius 2 is 2.47 bits per heavy atom. The van der Waals surface area contributed by atoms with Crippen molar-refractivity contribution in [1.82, 2.24) is 10.3 Å². The number of rotatable bonds is 2. The van der Waals surface area contributed by atoms with E-state index in [-0.39, 0.29) is 6.03 Å². The fourth-order valence-electron chi connectivity index (χ4n) is 0.914. The molecule has 0 aliphatic carbocycles. The van der Waals surface area contributed by atoms with Crippen LogP contribution in [0.25, 0.3) is 0 Å². The zero-order valence-corrected chi connectivity index (χ0v) is 9.63. The predicted octanol–water partition coefficient (Wildman–Crippen LogP) is 1.86. The van der Waals surface area contributed by atoms with Gasteiger partial charge in [0.25, 0.3) is 0 Å². The monoisotopic (exact) mass is 268 g/mol. The van der Waals surface area contributed by atoms with Crippen LogP contribution in [0, 0.1) is 11.3 Å². The van der Waals surface area contributed by atoms with Crippen LogP contribution >= 0.6 is 15.9 Å². The van der Waals surface area contributed by atoms with Gasteiger partial charge in [0.1, 0.15) is 11.9 Å². The number of anilines is 1. The fraction of sp³-hybridized carbons (Fsp3) is 0.222. The van der Waals surface area contributed by atoms with Crippen LogP contribution in [0.2, 0.25) is 0 Å². The minimum atomic E-state index is -0.337. The molecule has 2 amide bonds. The van der Waals surface area contributed by atoms with Crippen LogP contribution in [0.1, 0.15) is 12.5 Å². The predicted molar refractivity (Wildman–Crippen MR) is 59.3 cm³/mol. The van der Waals surface area contributed by atoms with Crippen LogP contribution in [0.3, 0.4) is 0 Å². The van der Waals surface area contributed by atoms with Crippen LogP contribution in [0.4, 0.5) is 10.6 Å². The zero-order valence-electron chi connectivity index (χ0n) is 8.04. The molecule has 0 bridgehead atoms. The summed E-state index contributed by atoms with van der Waals surface area (Å²) >= 11 is 3.17. The van der Waals surface area contributed by atoms with Crippen LogP contribution < -0.4 is 10.6 Å². The van der Waals surface area contributed by atoms with Crippen LogP contribution in [-0.4, -0.2) is 17.6 Å². The molecule has 6 heteroatoms. The summed E-state index contributed by atoms with van der Waals surface area (Å²) in [5, 5.41) is 13.8. The minimum Gasteiger partial charge on any atom is -0.338 e. The number of carbonyl (C=O) groups is 1.